The molecular formula is C12H19ClN2O2S. The number of benzene rings is 1. The van der Waals surface area contributed by atoms with Gasteiger partial charge in [-0.2, -0.15) is 17.4 Å². The van der Waals surface area contributed by atoms with Gasteiger partial charge in [0.15, 0.2) is 0 Å². The van der Waals surface area contributed by atoms with Crippen molar-refractivity contribution in [3.05, 3.63) is 34.9 Å². The highest BCUT2D eigenvalue weighted by Gasteiger charge is 2.22. The summed E-state index contributed by atoms with van der Waals surface area (Å²) in [5.74, 6) is 0. The van der Waals surface area contributed by atoms with Crippen molar-refractivity contribution in [2.24, 2.45) is 0 Å². The van der Waals surface area contributed by atoms with Crippen LogP contribution in [0.3, 0.4) is 0 Å². The first-order valence-corrected chi connectivity index (χ1v) is 7.76. The summed E-state index contributed by atoms with van der Waals surface area (Å²) in [6, 6.07) is 6.86. The van der Waals surface area contributed by atoms with Crippen molar-refractivity contribution in [3.63, 3.8) is 0 Å². The van der Waals surface area contributed by atoms with Crippen molar-refractivity contribution >= 4 is 21.8 Å². The van der Waals surface area contributed by atoms with E-state index in [1.807, 2.05) is 32.0 Å². The molecule has 102 valence electrons. The molecule has 1 rings (SSSR count). The van der Waals surface area contributed by atoms with Crippen molar-refractivity contribution in [3.8, 4) is 0 Å². The maximum atomic E-state index is 12.1. The van der Waals surface area contributed by atoms with Gasteiger partial charge < -0.3 is 0 Å². The number of hydrogen-bond acceptors (Lipinski definition) is 2. The molecule has 0 aliphatic heterocycles. The molecule has 0 aromatic heterocycles. The molecule has 0 fully saturated rings. The minimum atomic E-state index is -3.46. The third-order valence-electron chi connectivity index (χ3n) is 2.74. The largest absolute Gasteiger partial charge is 0.279 e. The van der Waals surface area contributed by atoms with Gasteiger partial charge in [-0.15, -0.1) is 0 Å². The van der Waals surface area contributed by atoms with Crippen LogP contribution in [0.1, 0.15) is 32.4 Å². The van der Waals surface area contributed by atoms with Gasteiger partial charge in [0, 0.05) is 24.2 Å². The lowest BCUT2D eigenvalue weighted by Crippen LogP contribution is -2.41. The highest BCUT2D eigenvalue weighted by molar-refractivity contribution is 7.87. The standard InChI is InChI=1S/C12H19ClN2O2S/c1-4-15(5-2)18(16,17)14-10(3)11-8-6-7-9-12(11)13/h6-10,14H,4-5H2,1-3H3. The lowest BCUT2D eigenvalue weighted by Gasteiger charge is -2.22. The highest BCUT2D eigenvalue weighted by atomic mass is 35.5. The van der Waals surface area contributed by atoms with Crippen LogP contribution in [-0.2, 0) is 10.2 Å². The van der Waals surface area contributed by atoms with Crippen molar-refractivity contribution in [2.75, 3.05) is 13.1 Å². The molecule has 0 heterocycles. The van der Waals surface area contributed by atoms with Crippen LogP contribution in [0.25, 0.3) is 0 Å². The van der Waals surface area contributed by atoms with E-state index in [1.165, 1.54) is 4.31 Å². The summed E-state index contributed by atoms with van der Waals surface area (Å²) in [5.41, 5.74) is 0.773. The molecule has 0 aliphatic carbocycles. The zero-order valence-corrected chi connectivity index (χ0v) is 12.4. The van der Waals surface area contributed by atoms with E-state index in [0.29, 0.717) is 18.1 Å². The van der Waals surface area contributed by atoms with Gasteiger partial charge in [0.1, 0.15) is 0 Å². The number of rotatable bonds is 6. The van der Waals surface area contributed by atoms with E-state index in [0.717, 1.165) is 5.56 Å². The topological polar surface area (TPSA) is 49.4 Å². The number of halogens is 1. The van der Waals surface area contributed by atoms with E-state index >= 15 is 0 Å². The van der Waals surface area contributed by atoms with Gasteiger partial charge in [-0.1, -0.05) is 43.6 Å². The van der Waals surface area contributed by atoms with Crippen LogP contribution in [0.5, 0.6) is 0 Å². The number of hydrogen-bond donors (Lipinski definition) is 1. The summed E-state index contributed by atoms with van der Waals surface area (Å²) < 4.78 is 28.1. The first-order chi connectivity index (χ1) is 8.42. The molecular weight excluding hydrogens is 272 g/mol. The first kappa shape index (κ1) is 15.4. The van der Waals surface area contributed by atoms with Gasteiger partial charge in [-0.3, -0.25) is 0 Å². The van der Waals surface area contributed by atoms with Gasteiger partial charge in [0.25, 0.3) is 10.2 Å². The fourth-order valence-corrected chi connectivity index (χ4v) is 3.45. The number of nitrogens with zero attached hydrogens (tertiary/aromatic N) is 1. The van der Waals surface area contributed by atoms with Crippen molar-refractivity contribution in [1.82, 2.24) is 9.03 Å². The molecule has 1 N–H and O–H groups in total. The van der Waals surface area contributed by atoms with Crippen LogP contribution in [0, 0.1) is 0 Å². The van der Waals surface area contributed by atoms with Crippen molar-refractivity contribution in [1.29, 1.82) is 0 Å². The number of nitrogens with one attached hydrogen (secondary N) is 1. The Balaban J connectivity index is 2.88. The molecule has 1 aromatic rings. The van der Waals surface area contributed by atoms with Crippen LogP contribution in [0.15, 0.2) is 24.3 Å². The molecule has 1 atom stereocenters. The maximum Gasteiger partial charge on any atom is 0.279 e. The van der Waals surface area contributed by atoms with E-state index in [-0.39, 0.29) is 6.04 Å². The van der Waals surface area contributed by atoms with Gasteiger partial charge in [0.05, 0.1) is 0 Å². The predicted octanol–water partition coefficient (Wildman–Crippen LogP) is 2.58. The molecule has 1 aromatic carbocycles. The molecule has 0 amide bonds. The summed E-state index contributed by atoms with van der Waals surface area (Å²) in [4.78, 5) is 0. The predicted molar refractivity (Wildman–Crippen MR) is 74.8 cm³/mol. The molecule has 0 aliphatic rings. The zero-order chi connectivity index (χ0) is 13.8. The van der Waals surface area contributed by atoms with Gasteiger partial charge in [0.2, 0.25) is 0 Å². The normalized spacial score (nSPS) is 13.8. The Hall–Kier alpha value is -0.620. The first-order valence-electron chi connectivity index (χ1n) is 5.94. The smallest absolute Gasteiger partial charge is 0.195 e. The molecule has 0 saturated heterocycles. The van der Waals surface area contributed by atoms with Crippen molar-refractivity contribution in [2.45, 2.75) is 26.8 Å². The summed E-state index contributed by atoms with van der Waals surface area (Å²) >= 11 is 6.05. The SMILES string of the molecule is CCN(CC)S(=O)(=O)NC(C)c1ccccc1Cl. The average Bonchev–Trinajstić information content (AvgIpc) is 2.29. The monoisotopic (exact) mass is 290 g/mol. The summed E-state index contributed by atoms with van der Waals surface area (Å²) in [7, 11) is -3.46. The highest BCUT2D eigenvalue weighted by Crippen LogP contribution is 2.23. The fraction of sp³-hybridized carbons (Fsp3) is 0.500. The van der Waals surface area contributed by atoms with Gasteiger partial charge in [-0.25, -0.2) is 0 Å². The minimum absolute atomic E-state index is 0.357. The van der Waals surface area contributed by atoms with Crippen molar-refractivity contribution < 1.29 is 8.42 Å². The van der Waals surface area contributed by atoms with Crippen LogP contribution >= 0.6 is 11.6 Å². The lowest BCUT2D eigenvalue weighted by atomic mass is 10.1. The Kier molecular flexibility index (Phi) is 5.59. The summed E-state index contributed by atoms with van der Waals surface area (Å²) in [6.07, 6.45) is 0. The molecule has 0 bridgehead atoms. The average molecular weight is 291 g/mol. The third-order valence-corrected chi connectivity index (χ3v) is 4.93. The molecule has 4 nitrogen and oxygen atoms in total. The Bertz CT molecular complexity index is 487. The Morgan fingerprint density at radius 2 is 1.83 bits per heavy atom. The van der Waals surface area contributed by atoms with E-state index in [1.54, 1.807) is 13.0 Å². The Morgan fingerprint density at radius 1 is 1.28 bits per heavy atom. The van der Waals surface area contributed by atoms with Crippen LogP contribution < -0.4 is 4.72 Å². The zero-order valence-electron chi connectivity index (χ0n) is 10.9. The van der Waals surface area contributed by atoms with E-state index < -0.39 is 10.2 Å². The molecule has 1 unspecified atom stereocenters. The van der Waals surface area contributed by atoms with Crippen LogP contribution in [0.2, 0.25) is 5.02 Å². The van der Waals surface area contributed by atoms with Gasteiger partial charge in [-0.05, 0) is 18.6 Å². The van der Waals surface area contributed by atoms with Gasteiger partial charge >= 0.3 is 0 Å². The van der Waals surface area contributed by atoms with E-state index in [9.17, 15) is 8.42 Å². The summed E-state index contributed by atoms with van der Waals surface area (Å²) in [6.45, 7) is 6.29. The molecule has 0 radical (unpaired) electrons. The van der Waals surface area contributed by atoms with E-state index in [4.69, 9.17) is 11.6 Å². The maximum absolute atomic E-state index is 12.1. The second-order valence-electron chi connectivity index (χ2n) is 3.95. The molecule has 6 heteroatoms. The minimum Gasteiger partial charge on any atom is -0.195 e. The molecule has 0 spiro atoms. The molecule has 0 saturated carbocycles. The second-order valence-corrected chi connectivity index (χ2v) is 6.06. The van der Waals surface area contributed by atoms with Crippen LogP contribution in [-0.4, -0.2) is 25.8 Å². The molecule has 18 heavy (non-hydrogen) atoms. The second kappa shape index (κ2) is 6.52. The summed E-state index contributed by atoms with van der Waals surface area (Å²) in [5, 5.41) is 0.562. The third kappa shape index (κ3) is 3.68. The van der Waals surface area contributed by atoms with E-state index in [2.05, 4.69) is 4.72 Å². The van der Waals surface area contributed by atoms with Crippen LogP contribution in [0.4, 0.5) is 0 Å². The fourth-order valence-electron chi connectivity index (χ4n) is 1.75. The lowest BCUT2D eigenvalue weighted by molar-refractivity contribution is 0.429. The Morgan fingerprint density at radius 3 is 2.33 bits per heavy atom. The quantitative estimate of drug-likeness (QED) is 0.875. The Labute approximate surface area is 114 Å².